The first-order valence-electron chi connectivity index (χ1n) is 8.09. The van der Waals surface area contributed by atoms with Crippen molar-refractivity contribution in [3.05, 3.63) is 35.4 Å². The van der Waals surface area contributed by atoms with Crippen LogP contribution in [-0.2, 0) is 5.54 Å². The topological polar surface area (TPSA) is 26.0 Å². The standard InChI is InChI=1S/C18H29N/c1-3-5-6-7-8-15(4-2)16-9-11-17(12-10-16)18(19)13-14-18/h9-12,15H,3-8,13-14,19H2,1-2H3. The zero-order valence-electron chi connectivity index (χ0n) is 12.6. The van der Waals surface area contributed by atoms with E-state index in [4.69, 9.17) is 5.73 Å². The second-order valence-corrected chi connectivity index (χ2v) is 6.23. The molecule has 19 heavy (non-hydrogen) atoms. The highest BCUT2D eigenvalue weighted by Gasteiger charge is 2.39. The van der Waals surface area contributed by atoms with E-state index in [1.807, 2.05) is 0 Å². The van der Waals surface area contributed by atoms with Crippen molar-refractivity contribution in [2.75, 3.05) is 0 Å². The molecule has 2 N–H and O–H groups in total. The van der Waals surface area contributed by atoms with E-state index < -0.39 is 0 Å². The maximum Gasteiger partial charge on any atom is 0.0411 e. The maximum atomic E-state index is 6.24. The van der Waals surface area contributed by atoms with Crippen molar-refractivity contribution in [2.24, 2.45) is 5.73 Å². The summed E-state index contributed by atoms with van der Waals surface area (Å²) in [6.45, 7) is 4.58. The Morgan fingerprint density at radius 2 is 1.74 bits per heavy atom. The van der Waals surface area contributed by atoms with Gasteiger partial charge in [0.2, 0.25) is 0 Å². The van der Waals surface area contributed by atoms with Gasteiger partial charge in [-0.2, -0.15) is 0 Å². The van der Waals surface area contributed by atoms with Gasteiger partial charge in [-0.05, 0) is 42.7 Å². The van der Waals surface area contributed by atoms with E-state index in [-0.39, 0.29) is 5.54 Å². The van der Waals surface area contributed by atoms with Gasteiger partial charge in [-0.1, -0.05) is 63.8 Å². The van der Waals surface area contributed by atoms with Gasteiger partial charge in [0.05, 0.1) is 0 Å². The molecule has 0 aliphatic heterocycles. The van der Waals surface area contributed by atoms with Crippen LogP contribution in [0.3, 0.4) is 0 Å². The van der Waals surface area contributed by atoms with Crippen LogP contribution in [0.1, 0.15) is 82.3 Å². The van der Waals surface area contributed by atoms with Crippen LogP contribution < -0.4 is 5.73 Å². The van der Waals surface area contributed by atoms with Gasteiger partial charge < -0.3 is 5.73 Å². The molecule has 0 spiro atoms. The second kappa shape index (κ2) is 6.56. The summed E-state index contributed by atoms with van der Waals surface area (Å²) in [5, 5.41) is 0. The molecule has 0 heterocycles. The monoisotopic (exact) mass is 259 g/mol. The predicted octanol–water partition coefficient (Wildman–Crippen LogP) is 5.10. The summed E-state index contributed by atoms with van der Waals surface area (Å²) in [6, 6.07) is 9.15. The normalized spacial score (nSPS) is 18.3. The smallest absolute Gasteiger partial charge is 0.0411 e. The van der Waals surface area contributed by atoms with Gasteiger partial charge in [-0.15, -0.1) is 0 Å². The van der Waals surface area contributed by atoms with Crippen LogP contribution in [0, 0.1) is 0 Å². The van der Waals surface area contributed by atoms with E-state index in [9.17, 15) is 0 Å². The van der Waals surface area contributed by atoms with Crippen molar-refractivity contribution >= 4 is 0 Å². The molecular formula is C18H29N. The number of benzene rings is 1. The van der Waals surface area contributed by atoms with Crippen LogP contribution in [0.15, 0.2) is 24.3 Å². The Labute approximate surface area is 118 Å². The lowest BCUT2D eigenvalue weighted by molar-refractivity contribution is 0.542. The largest absolute Gasteiger partial charge is 0.321 e. The van der Waals surface area contributed by atoms with Gasteiger partial charge in [0, 0.05) is 5.54 Å². The number of unbranched alkanes of at least 4 members (excludes halogenated alkanes) is 3. The third-order valence-electron chi connectivity index (χ3n) is 4.64. The van der Waals surface area contributed by atoms with Gasteiger partial charge in [0.15, 0.2) is 0 Å². The van der Waals surface area contributed by atoms with E-state index in [0.29, 0.717) is 0 Å². The molecule has 1 atom stereocenters. The van der Waals surface area contributed by atoms with Gasteiger partial charge in [-0.25, -0.2) is 0 Å². The first-order chi connectivity index (χ1) is 9.19. The van der Waals surface area contributed by atoms with Crippen molar-refractivity contribution in [3.8, 4) is 0 Å². The Morgan fingerprint density at radius 1 is 1.05 bits per heavy atom. The van der Waals surface area contributed by atoms with Gasteiger partial charge >= 0.3 is 0 Å². The molecule has 0 amide bonds. The first kappa shape index (κ1) is 14.6. The second-order valence-electron chi connectivity index (χ2n) is 6.23. The van der Waals surface area contributed by atoms with E-state index in [1.54, 1.807) is 0 Å². The highest BCUT2D eigenvalue weighted by molar-refractivity contribution is 5.33. The minimum Gasteiger partial charge on any atom is -0.321 e. The van der Waals surface area contributed by atoms with Gasteiger partial charge in [0.25, 0.3) is 0 Å². The Hall–Kier alpha value is -0.820. The van der Waals surface area contributed by atoms with Gasteiger partial charge in [-0.3, -0.25) is 0 Å². The van der Waals surface area contributed by atoms with Crippen molar-refractivity contribution in [3.63, 3.8) is 0 Å². The molecule has 1 fully saturated rings. The molecule has 1 aliphatic rings. The predicted molar refractivity (Wildman–Crippen MR) is 83.3 cm³/mol. The molecule has 1 unspecified atom stereocenters. The third-order valence-corrected chi connectivity index (χ3v) is 4.64. The summed E-state index contributed by atoms with van der Waals surface area (Å²) in [5.41, 5.74) is 9.09. The summed E-state index contributed by atoms with van der Waals surface area (Å²) in [7, 11) is 0. The van der Waals surface area contributed by atoms with Crippen LogP contribution in [0.5, 0.6) is 0 Å². The Bertz CT molecular complexity index is 375. The Balaban J connectivity index is 1.91. The molecular weight excluding hydrogens is 230 g/mol. The highest BCUT2D eigenvalue weighted by atomic mass is 14.8. The molecule has 1 saturated carbocycles. The molecule has 1 heteroatoms. The van der Waals surface area contributed by atoms with Crippen molar-refractivity contribution in [1.82, 2.24) is 0 Å². The van der Waals surface area contributed by atoms with Crippen molar-refractivity contribution in [1.29, 1.82) is 0 Å². The molecule has 1 nitrogen and oxygen atoms in total. The fourth-order valence-electron chi connectivity index (χ4n) is 2.93. The fraction of sp³-hybridized carbons (Fsp3) is 0.667. The first-order valence-corrected chi connectivity index (χ1v) is 8.09. The number of hydrogen-bond donors (Lipinski definition) is 1. The number of nitrogens with two attached hydrogens (primary N) is 1. The average molecular weight is 259 g/mol. The van der Waals surface area contributed by atoms with E-state index in [0.717, 1.165) is 18.8 Å². The zero-order valence-corrected chi connectivity index (χ0v) is 12.6. The fourth-order valence-corrected chi connectivity index (χ4v) is 2.93. The molecule has 0 aromatic heterocycles. The molecule has 106 valence electrons. The molecule has 0 radical (unpaired) electrons. The third kappa shape index (κ3) is 3.82. The maximum absolute atomic E-state index is 6.24. The van der Waals surface area contributed by atoms with Crippen LogP contribution >= 0.6 is 0 Å². The highest BCUT2D eigenvalue weighted by Crippen LogP contribution is 2.42. The summed E-state index contributed by atoms with van der Waals surface area (Å²) in [4.78, 5) is 0. The van der Waals surface area contributed by atoms with Crippen LogP contribution in [0.4, 0.5) is 0 Å². The minimum atomic E-state index is 0.0152. The molecule has 1 aliphatic carbocycles. The lowest BCUT2D eigenvalue weighted by Gasteiger charge is -2.17. The van der Waals surface area contributed by atoms with E-state index in [1.165, 1.54) is 49.7 Å². The van der Waals surface area contributed by atoms with Crippen LogP contribution in [0.25, 0.3) is 0 Å². The summed E-state index contributed by atoms with van der Waals surface area (Å²) in [6.07, 6.45) is 10.4. The zero-order chi connectivity index (χ0) is 13.7. The molecule has 1 aromatic rings. The molecule has 1 aromatic carbocycles. The number of hydrogen-bond acceptors (Lipinski definition) is 1. The average Bonchev–Trinajstić information content (AvgIpc) is 3.19. The number of rotatable bonds is 8. The van der Waals surface area contributed by atoms with Crippen LogP contribution in [-0.4, -0.2) is 0 Å². The summed E-state index contributed by atoms with van der Waals surface area (Å²) < 4.78 is 0. The van der Waals surface area contributed by atoms with Crippen LogP contribution in [0.2, 0.25) is 0 Å². The Morgan fingerprint density at radius 3 is 2.26 bits per heavy atom. The summed E-state index contributed by atoms with van der Waals surface area (Å²) >= 11 is 0. The lowest BCUT2D eigenvalue weighted by Crippen LogP contribution is -2.18. The van der Waals surface area contributed by atoms with E-state index >= 15 is 0 Å². The van der Waals surface area contributed by atoms with Gasteiger partial charge in [0.1, 0.15) is 0 Å². The summed E-state index contributed by atoms with van der Waals surface area (Å²) in [5.74, 6) is 0.735. The molecule has 0 bridgehead atoms. The Kier molecular flexibility index (Phi) is 5.04. The van der Waals surface area contributed by atoms with E-state index in [2.05, 4.69) is 38.1 Å². The minimum absolute atomic E-state index is 0.0152. The SMILES string of the molecule is CCCCCCC(CC)c1ccc(C2(N)CC2)cc1. The molecule has 0 saturated heterocycles. The van der Waals surface area contributed by atoms with Crippen molar-refractivity contribution in [2.45, 2.75) is 76.7 Å². The van der Waals surface area contributed by atoms with Crippen molar-refractivity contribution < 1.29 is 0 Å². The molecule has 2 rings (SSSR count). The lowest BCUT2D eigenvalue weighted by atomic mass is 9.89. The quantitative estimate of drug-likeness (QED) is 0.646.